The molecule has 23 heavy (non-hydrogen) atoms. The minimum absolute atomic E-state index is 0.0507. The van der Waals surface area contributed by atoms with Crippen LogP contribution in [0.2, 0.25) is 5.02 Å². The maximum atomic E-state index is 11.9. The first-order valence-electron chi connectivity index (χ1n) is 7.70. The number of benzene rings is 1. The minimum atomic E-state index is -3.42. The smallest absolute Gasteiger partial charge is 0.232 e. The Balaban J connectivity index is 2.55. The van der Waals surface area contributed by atoms with Crippen LogP contribution in [-0.2, 0) is 14.8 Å². The van der Waals surface area contributed by atoms with Crippen LogP contribution in [0, 0.1) is 5.92 Å². The number of halogens is 1. The number of carbonyl (C=O) groups excluding carboxylic acids is 1. The number of amides is 1. The van der Waals surface area contributed by atoms with Gasteiger partial charge in [0.25, 0.3) is 0 Å². The summed E-state index contributed by atoms with van der Waals surface area (Å²) in [6.45, 7) is 5.10. The molecule has 1 amide bonds. The van der Waals surface area contributed by atoms with Crippen molar-refractivity contribution in [3.8, 4) is 0 Å². The van der Waals surface area contributed by atoms with E-state index in [0.29, 0.717) is 36.0 Å². The fraction of sp³-hybridized carbons (Fsp3) is 0.562. The largest absolute Gasteiger partial charge is 0.356 e. The van der Waals surface area contributed by atoms with Gasteiger partial charge in [0.05, 0.1) is 11.9 Å². The van der Waals surface area contributed by atoms with Gasteiger partial charge in [0, 0.05) is 24.5 Å². The highest BCUT2D eigenvalue weighted by atomic mass is 35.5. The van der Waals surface area contributed by atoms with E-state index in [0.717, 1.165) is 12.7 Å². The standard InChI is InChI=1S/C16H25ClN2O3S/c1-13(2)9-10-18-16(20)8-5-11-19(23(3,21)22)15-7-4-6-14(17)12-15/h4,6-7,12-13H,5,8-11H2,1-3H3,(H,18,20). The van der Waals surface area contributed by atoms with E-state index in [1.807, 2.05) is 0 Å². The van der Waals surface area contributed by atoms with Crippen LogP contribution in [0.5, 0.6) is 0 Å². The van der Waals surface area contributed by atoms with Crippen molar-refractivity contribution in [2.75, 3.05) is 23.7 Å². The van der Waals surface area contributed by atoms with Gasteiger partial charge in [-0.05, 0) is 37.0 Å². The van der Waals surface area contributed by atoms with E-state index in [1.54, 1.807) is 24.3 Å². The lowest BCUT2D eigenvalue weighted by atomic mass is 10.1. The van der Waals surface area contributed by atoms with Crippen molar-refractivity contribution >= 4 is 33.2 Å². The summed E-state index contributed by atoms with van der Waals surface area (Å²) in [6.07, 6.45) is 2.83. The van der Waals surface area contributed by atoms with Gasteiger partial charge >= 0.3 is 0 Å². The van der Waals surface area contributed by atoms with Gasteiger partial charge in [-0.1, -0.05) is 31.5 Å². The van der Waals surface area contributed by atoms with E-state index in [9.17, 15) is 13.2 Å². The van der Waals surface area contributed by atoms with Crippen LogP contribution in [-0.4, -0.2) is 33.7 Å². The molecule has 0 spiro atoms. The van der Waals surface area contributed by atoms with Crippen molar-refractivity contribution in [2.45, 2.75) is 33.1 Å². The summed E-state index contributed by atoms with van der Waals surface area (Å²) in [5.41, 5.74) is 0.514. The topological polar surface area (TPSA) is 66.5 Å². The summed E-state index contributed by atoms with van der Waals surface area (Å²) in [5, 5.41) is 3.32. The van der Waals surface area contributed by atoms with Gasteiger partial charge in [-0.2, -0.15) is 0 Å². The highest BCUT2D eigenvalue weighted by Crippen LogP contribution is 2.22. The van der Waals surface area contributed by atoms with Crippen LogP contribution in [0.15, 0.2) is 24.3 Å². The number of anilines is 1. The van der Waals surface area contributed by atoms with Gasteiger partial charge in [-0.25, -0.2) is 8.42 Å². The summed E-state index contributed by atoms with van der Waals surface area (Å²) in [7, 11) is -3.42. The zero-order valence-electron chi connectivity index (χ0n) is 13.9. The highest BCUT2D eigenvalue weighted by Gasteiger charge is 2.17. The Labute approximate surface area is 144 Å². The van der Waals surface area contributed by atoms with Crippen LogP contribution >= 0.6 is 11.6 Å². The Morgan fingerprint density at radius 2 is 2.04 bits per heavy atom. The molecule has 0 aliphatic carbocycles. The van der Waals surface area contributed by atoms with E-state index in [2.05, 4.69) is 19.2 Å². The van der Waals surface area contributed by atoms with Crippen molar-refractivity contribution < 1.29 is 13.2 Å². The SMILES string of the molecule is CC(C)CCNC(=O)CCCN(c1cccc(Cl)c1)S(C)(=O)=O. The number of nitrogens with zero attached hydrogens (tertiary/aromatic N) is 1. The van der Waals surface area contributed by atoms with Gasteiger partial charge in [-0.15, -0.1) is 0 Å². The zero-order chi connectivity index (χ0) is 17.5. The Bertz CT molecular complexity index is 618. The molecule has 0 saturated heterocycles. The third-order valence-corrected chi connectivity index (χ3v) is 4.73. The summed E-state index contributed by atoms with van der Waals surface area (Å²) in [4.78, 5) is 11.7. The van der Waals surface area contributed by atoms with E-state index in [-0.39, 0.29) is 12.5 Å². The molecule has 0 aromatic heterocycles. The molecule has 130 valence electrons. The second kappa shape index (κ2) is 9.13. The predicted molar refractivity (Wildman–Crippen MR) is 95.3 cm³/mol. The molecule has 5 nitrogen and oxygen atoms in total. The quantitative estimate of drug-likeness (QED) is 0.736. The highest BCUT2D eigenvalue weighted by molar-refractivity contribution is 7.92. The van der Waals surface area contributed by atoms with E-state index in [1.165, 1.54) is 4.31 Å². The van der Waals surface area contributed by atoms with E-state index < -0.39 is 10.0 Å². The minimum Gasteiger partial charge on any atom is -0.356 e. The second-order valence-corrected chi connectivity index (χ2v) is 8.29. The van der Waals surface area contributed by atoms with Gasteiger partial charge in [0.2, 0.25) is 15.9 Å². The zero-order valence-corrected chi connectivity index (χ0v) is 15.5. The number of rotatable bonds is 9. The molecule has 0 heterocycles. The van der Waals surface area contributed by atoms with Gasteiger partial charge in [0.1, 0.15) is 0 Å². The molecule has 0 radical (unpaired) electrons. The lowest BCUT2D eigenvalue weighted by Gasteiger charge is -2.22. The molecule has 0 aliphatic heterocycles. The number of hydrogen-bond donors (Lipinski definition) is 1. The van der Waals surface area contributed by atoms with Crippen molar-refractivity contribution in [1.29, 1.82) is 0 Å². The molecule has 0 unspecified atom stereocenters. The molecule has 1 N–H and O–H groups in total. The number of hydrogen-bond acceptors (Lipinski definition) is 3. The van der Waals surface area contributed by atoms with E-state index >= 15 is 0 Å². The van der Waals surface area contributed by atoms with Crippen LogP contribution in [0.1, 0.15) is 33.1 Å². The first-order chi connectivity index (χ1) is 10.7. The number of sulfonamides is 1. The maximum absolute atomic E-state index is 11.9. The summed E-state index contributed by atoms with van der Waals surface area (Å²) < 4.78 is 25.2. The van der Waals surface area contributed by atoms with Crippen molar-refractivity contribution in [2.24, 2.45) is 5.92 Å². The fourth-order valence-corrected chi connectivity index (χ4v) is 3.23. The van der Waals surface area contributed by atoms with Crippen molar-refractivity contribution in [3.63, 3.8) is 0 Å². The van der Waals surface area contributed by atoms with Crippen molar-refractivity contribution in [3.05, 3.63) is 29.3 Å². The Kier molecular flexibility index (Phi) is 7.85. The predicted octanol–water partition coefficient (Wildman–Crippen LogP) is 3.05. The molecule has 0 aliphatic rings. The average Bonchev–Trinajstić information content (AvgIpc) is 2.41. The molecule has 1 aromatic carbocycles. The Morgan fingerprint density at radius 1 is 1.35 bits per heavy atom. The summed E-state index contributed by atoms with van der Waals surface area (Å²) >= 11 is 5.92. The first-order valence-corrected chi connectivity index (χ1v) is 9.92. The van der Waals surface area contributed by atoms with Crippen LogP contribution in [0.25, 0.3) is 0 Å². The monoisotopic (exact) mass is 360 g/mol. The normalized spacial score (nSPS) is 11.5. The summed E-state index contributed by atoms with van der Waals surface area (Å²) in [6, 6.07) is 6.68. The van der Waals surface area contributed by atoms with Crippen LogP contribution in [0.3, 0.4) is 0 Å². The Morgan fingerprint density at radius 3 is 2.61 bits per heavy atom. The molecular weight excluding hydrogens is 336 g/mol. The average molecular weight is 361 g/mol. The molecule has 7 heteroatoms. The molecule has 0 fully saturated rings. The third kappa shape index (κ3) is 7.70. The van der Waals surface area contributed by atoms with Gasteiger partial charge in [0.15, 0.2) is 0 Å². The lowest BCUT2D eigenvalue weighted by Crippen LogP contribution is -2.32. The van der Waals surface area contributed by atoms with Crippen LogP contribution < -0.4 is 9.62 Å². The van der Waals surface area contributed by atoms with Crippen LogP contribution in [0.4, 0.5) is 5.69 Å². The van der Waals surface area contributed by atoms with Crippen molar-refractivity contribution in [1.82, 2.24) is 5.32 Å². The second-order valence-electron chi connectivity index (χ2n) is 5.95. The molecule has 1 aromatic rings. The molecule has 0 bridgehead atoms. The lowest BCUT2D eigenvalue weighted by molar-refractivity contribution is -0.121. The summed E-state index contributed by atoms with van der Waals surface area (Å²) in [5.74, 6) is 0.490. The Hall–Kier alpha value is -1.27. The van der Waals surface area contributed by atoms with Gasteiger partial charge in [-0.3, -0.25) is 9.10 Å². The maximum Gasteiger partial charge on any atom is 0.232 e. The van der Waals surface area contributed by atoms with Gasteiger partial charge < -0.3 is 5.32 Å². The number of nitrogens with one attached hydrogen (secondary N) is 1. The first kappa shape index (κ1) is 19.8. The molecule has 0 saturated carbocycles. The molecule has 0 atom stereocenters. The van der Waals surface area contributed by atoms with E-state index in [4.69, 9.17) is 11.6 Å². The molecular formula is C16H25ClN2O3S. The third-order valence-electron chi connectivity index (χ3n) is 3.31. The number of carbonyl (C=O) groups is 1. The molecule has 1 rings (SSSR count). The fourth-order valence-electron chi connectivity index (χ4n) is 2.09.